The van der Waals surface area contributed by atoms with Gasteiger partial charge in [0, 0.05) is 10.5 Å². The molecule has 1 N–H and O–H groups in total. The number of nitrogens with one attached hydrogen (secondary N) is 1. The maximum absolute atomic E-state index is 3.51. The number of hydrogen-bond donors (Lipinski definition) is 1. The van der Waals surface area contributed by atoms with Crippen LogP contribution in [-0.4, -0.2) is 6.54 Å². The minimum Gasteiger partial charge on any atom is -0.310 e. The summed E-state index contributed by atoms with van der Waals surface area (Å²) in [6, 6.07) is 17.7. The van der Waals surface area contributed by atoms with Crippen LogP contribution in [0.3, 0.4) is 0 Å². The first-order chi connectivity index (χ1) is 9.20. The van der Waals surface area contributed by atoms with Gasteiger partial charge in [0.05, 0.1) is 0 Å². The van der Waals surface area contributed by atoms with Gasteiger partial charge in [0.15, 0.2) is 0 Å². The Kier molecular flexibility index (Phi) is 5.17. The molecule has 0 amide bonds. The van der Waals surface area contributed by atoms with Gasteiger partial charge in [0.1, 0.15) is 0 Å². The molecular weight excluding hydrogens is 298 g/mol. The molecule has 2 aromatic rings. The second-order valence-electron chi connectivity index (χ2n) is 4.80. The molecule has 1 unspecified atom stereocenters. The van der Waals surface area contributed by atoms with E-state index in [4.69, 9.17) is 0 Å². The Morgan fingerprint density at radius 1 is 0.947 bits per heavy atom. The SMILES string of the molecule is CCCNC(C)c1ccc(-c2ccc(Br)cc2)cc1. The summed E-state index contributed by atoms with van der Waals surface area (Å²) in [5.41, 5.74) is 3.86. The first kappa shape index (κ1) is 14.3. The van der Waals surface area contributed by atoms with Gasteiger partial charge in [0.2, 0.25) is 0 Å². The third-order valence-corrected chi connectivity index (χ3v) is 3.82. The molecule has 0 heterocycles. The fourth-order valence-electron chi connectivity index (χ4n) is 2.09. The zero-order valence-electron chi connectivity index (χ0n) is 11.5. The molecule has 0 bridgehead atoms. The number of benzene rings is 2. The number of rotatable bonds is 5. The first-order valence-corrected chi connectivity index (χ1v) is 7.59. The molecule has 0 saturated heterocycles. The number of hydrogen-bond acceptors (Lipinski definition) is 1. The van der Waals surface area contributed by atoms with Crippen LogP contribution >= 0.6 is 15.9 Å². The Labute approximate surface area is 124 Å². The van der Waals surface area contributed by atoms with E-state index in [1.807, 2.05) is 0 Å². The topological polar surface area (TPSA) is 12.0 Å². The van der Waals surface area contributed by atoms with Gasteiger partial charge in [0.25, 0.3) is 0 Å². The van der Waals surface area contributed by atoms with E-state index < -0.39 is 0 Å². The average molecular weight is 318 g/mol. The smallest absolute Gasteiger partial charge is 0.0291 e. The van der Waals surface area contributed by atoms with Gasteiger partial charge in [-0.25, -0.2) is 0 Å². The van der Waals surface area contributed by atoms with Gasteiger partial charge < -0.3 is 5.32 Å². The summed E-state index contributed by atoms with van der Waals surface area (Å²) in [5.74, 6) is 0. The maximum atomic E-state index is 3.51. The van der Waals surface area contributed by atoms with Crippen LogP contribution in [0.1, 0.15) is 31.9 Å². The fourth-order valence-corrected chi connectivity index (χ4v) is 2.35. The minimum atomic E-state index is 0.416. The van der Waals surface area contributed by atoms with Crippen molar-refractivity contribution in [1.29, 1.82) is 0 Å². The van der Waals surface area contributed by atoms with Gasteiger partial charge >= 0.3 is 0 Å². The van der Waals surface area contributed by atoms with Crippen molar-refractivity contribution in [2.45, 2.75) is 26.3 Å². The van der Waals surface area contributed by atoms with E-state index in [-0.39, 0.29) is 0 Å². The Hall–Kier alpha value is -1.12. The Bertz CT molecular complexity index is 502. The molecule has 0 aliphatic rings. The van der Waals surface area contributed by atoms with Crippen LogP contribution < -0.4 is 5.32 Å². The molecule has 2 heteroatoms. The normalized spacial score (nSPS) is 12.4. The lowest BCUT2D eigenvalue weighted by atomic mass is 10.0. The zero-order chi connectivity index (χ0) is 13.7. The predicted octanol–water partition coefficient (Wildman–Crippen LogP) is 5.18. The zero-order valence-corrected chi connectivity index (χ0v) is 13.1. The summed E-state index contributed by atoms with van der Waals surface area (Å²) >= 11 is 3.46. The van der Waals surface area contributed by atoms with Crippen molar-refractivity contribution in [3.05, 3.63) is 58.6 Å². The maximum Gasteiger partial charge on any atom is 0.0291 e. The second-order valence-corrected chi connectivity index (χ2v) is 5.72. The van der Waals surface area contributed by atoms with Gasteiger partial charge in [-0.15, -0.1) is 0 Å². The van der Waals surface area contributed by atoms with Crippen molar-refractivity contribution < 1.29 is 0 Å². The summed E-state index contributed by atoms with van der Waals surface area (Å²) in [4.78, 5) is 0. The van der Waals surface area contributed by atoms with Gasteiger partial charge in [-0.2, -0.15) is 0 Å². The third kappa shape index (κ3) is 3.92. The molecular formula is C17H20BrN. The second kappa shape index (κ2) is 6.88. The molecule has 1 atom stereocenters. The van der Waals surface area contributed by atoms with E-state index in [1.54, 1.807) is 0 Å². The minimum absolute atomic E-state index is 0.416. The summed E-state index contributed by atoms with van der Waals surface area (Å²) in [6.07, 6.45) is 1.17. The standard InChI is InChI=1S/C17H20BrN/c1-3-12-19-13(2)14-4-6-15(7-5-14)16-8-10-17(18)11-9-16/h4-11,13,19H,3,12H2,1-2H3. The Morgan fingerprint density at radius 3 is 2.00 bits per heavy atom. The fraction of sp³-hybridized carbons (Fsp3) is 0.294. The predicted molar refractivity (Wildman–Crippen MR) is 86.3 cm³/mol. The van der Waals surface area contributed by atoms with E-state index in [2.05, 4.69) is 83.6 Å². The van der Waals surface area contributed by atoms with Crippen molar-refractivity contribution >= 4 is 15.9 Å². The van der Waals surface area contributed by atoms with Crippen LogP contribution in [0.15, 0.2) is 53.0 Å². The van der Waals surface area contributed by atoms with E-state index in [0.29, 0.717) is 6.04 Å². The highest BCUT2D eigenvalue weighted by Crippen LogP contribution is 2.23. The molecule has 1 nitrogen and oxygen atoms in total. The molecule has 0 aliphatic heterocycles. The van der Waals surface area contributed by atoms with Gasteiger partial charge in [-0.1, -0.05) is 59.3 Å². The van der Waals surface area contributed by atoms with Crippen molar-refractivity contribution in [2.24, 2.45) is 0 Å². The van der Waals surface area contributed by atoms with Crippen molar-refractivity contribution in [3.63, 3.8) is 0 Å². The van der Waals surface area contributed by atoms with Crippen LogP contribution in [0.2, 0.25) is 0 Å². The summed E-state index contributed by atoms with van der Waals surface area (Å²) < 4.78 is 1.12. The van der Waals surface area contributed by atoms with Crippen LogP contribution in [0.5, 0.6) is 0 Å². The van der Waals surface area contributed by atoms with Gasteiger partial charge in [-0.05, 0) is 48.7 Å². The molecule has 0 saturated carbocycles. The monoisotopic (exact) mass is 317 g/mol. The Balaban J connectivity index is 2.11. The van der Waals surface area contributed by atoms with Crippen molar-refractivity contribution in [2.75, 3.05) is 6.54 Å². The quantitative estimate of drug-likeness (QED) is 0.801. The largest absolute Gasteiger partial charge is 0.310 e. The third-order valence-electron chi connectivity index (χ3n) is 3.29. The van der Waals surface area contributed by atoms with E-state index in [9.17, 15) is 0 Å². The van der Waals surface area contributed by atoms with Crippen molar-refractivity contribution in [3.8, 4) is 11.1 Å². The lowest BCUT2D eigenvalue weighted by Crippen LogP contribution is -2.19. The van der Waals surface area contributed by atoms with Crippen LogP contribution in [0.4, 0.5) is 0 Å². The lowest BCUT2D eigenvalue weighted by Gasteiger charge is -2.14. The molecule has 0 fully saturated rings. The van der Waals surface area contributed by atoms with Crippen LogP contribution in [0.25, 0.3) is 11.1 Å². The first-order valence-electron chi connectivity index (χ1n) is 6.80. The highest BCUT2D eigenvalue weighted by atomic mass is 79.9. The van der Waals surface area contributed by atoms with E-state index in [0.717, 1.165) is 11.0 Å². The molecule has 0 aliphatic carbocycles. The summed E-state index contributed by atoms with van der Waals surface area (Å²) in [7, 11) is 0. The van der Waals surface area contributed by atoms with Crippen LogP contribution in [-0.2, 0) is 0 Å². The Morgan fingerprint density at radius 2 is 1.47 bits per heavy atom. The molecule has 0 aromatic heterocycles. The number of halogens is 1. The van der Waals surface area contributed by atoms with Crippen molar-refractivity contribution in [1.82, 2.24) is 5.32 Å². The molecule has 2 rings (SSSR count). The lowest BCUT2D eigenvalue weighted by molar-refractivity contribution is 0.571. The molecule has 0 radical (unpaired) electrons. The van der Waals surface area contributed by atoms with Gasteiger partial charge in [-0.3, -0.25) is 0 Å². The van der Waals surface area contributed by atoms with Crippen LogP contribution in [0, 0.1) is 0 Å². The average Bonchev–Trinajstić information content (AvgIpc) is 2.46. The molecule has 100 valence electrons. The highest BCUT2D eigenvalue weighted by Gasteiger charge is 2.04. The van der Waals surface area contributed by atoms with E-state index >= 15 is 0 Å². The molecule has 19 heavy (non-hydrogen) atoms. The molecule has 0 spiro atoms. The summed E-state index contributed by atoms with van der Waals surface area (Å²) in [6.45, 7) is 5.47. The highest BCUT2D eigenvalue weighted by molar-refractivity contribution is 9.10. The summed E-state index contributed by atoms with van der Waals surface area (Å²) in [5, 5.41) is 3.51. The van der Waals surface area contributed by atoms with E-state index in [1.165, 1.54) is 23.1 Å². The molecule has 2 aromatic carbocycles.